The molecule has 1 aliphatic rings. The van der Waals surface area contributed by atoms with Crippen molar-refractivity contribution in [1.29, 1.82) is 0 Å². The van der Waals surface area contributed by atoms with Gasteiger partial charge in [0.1, 0.15) is 5.56 Å². The van der Waals surface area contributed by atoms with E-state index in [1.807, 2.05) is 0 Å². The van der Waals surface area contributed by atoms with Crippen LogP contribution in [0, 0.1) is 14.9 Å². The molecular formula is C21H13F3N4O4S. The second-order valence-corrected chi connectivity index (χ2v) is 7.48. The number of halogens is 3. The minimum atomic E-state index is -4.63. The van der Waals surface area contributed by atoms with E-state index in [1.165, 1.54) is 30.3 Å². The molecule has 0 spiro atoms. The van der Waals surface area contributed by atoms with Crippen LogP contribution in [-0.4, -0.2) is 25.3 Å². The number of alkyl halides is 3. The average molecular weight is 474 g/mol. The van der Waals surface area contributed by atoms with Gasteiger partial charge in [0.15, 0.2) is 4.77 Å². The van der Waals surface area contributed by atoms with Crippen LogP contribution in [0.15, 0.2) is 52.3 Å². The number of aromatic nitrogens is 2. The first-order valence-corrected chi connectivity index (χ1v) is 9.70. The molecule has 0 saturated heterocycles. The molecule has 1 aromatic heterocycles. The van der Waals surface area contributed by atoms with Gasteiger partial charge in [-0.15, -0.1) is 0 Å². The number of nitrogens with zero attached hydrogens (tertiary/aromatic N) is 3. The lowest BCUT2D eigenvalue weighted by Crippen LogP contribution is -2.17. The quantitative estimate of drug-likeness (QED) is 0.309. The molecule has 2 heterocycles. The molecule has 2 aromatic carbocycles. The largest absolute Gasteiger partial charge is 0.494 e. The van der Waals surface area contributed by atoms with Crippen molar-refractivity contribution in [2.24, 2.45) is 4.99 Å². The van der Waals surface area contributed by atoms with Gasteiger partial charge in [-0.05, 0) is 49.5 Å². The summed E-state index contributed by atoms with van der Waals surface area (Å²) >= 11 is 5.07. The Morgan fingerprint density at radius 3 is 2.64 bits per heavy atom. The Hall–Kier alpha value is -4.06. The van der Waals surface area contributed by atoms with Crippen LogP contribution in [0.3, 0.4) is 0 Å². The van der Waals surface area contributed by atoms with Crippen LogP contribution in [0.4, 0.5) is 24.5 Å². The lowest BCUT2D eigenvalue weighted by molar-refractivity contribution is -0.384. The topological polar surface area (TPSA) is 114 Å². The monoisotopic (exact) mass is 474 g/mol. The minimum Gasteiger partial charge on any atom is -0.494 e. The number of benzene rings is 2. The fraction of sp³-hybridized carbons (Fsp3) is 0.0952. The number of fused-ring (bicyclic) bond motifs is 1. The number of non-ortho nitro benzene ring substituents is 1. The summed E-state index contributed by atoms with van der Waals surface area (Å²) in [5.74, 6) is -0.692. The lowest BCUT2D eigenvalue weighted by atomic mass is 10.0. The molecule has 0 unspecified atom stereocenters. The molecule has 2 N–H and O–H groups in total. The highest BCUT2D eigenvalue weighted by Crippen LogP contribution is 2.39. The second-order valence-electron chi connectivity index (χ2n) is 7.09. The number of hydrogen-bond donors (Lipinski definition) is 2. The molecule has 8 nitrogen and oxygen atoms in total. The molecule has 0 aliphatic carbocycles. The number of nitro benzene ring substituents is 1. The fourth-order valence-corrected chi connectivity index (χ4v) is 3.73. The van der Waals surface area contributed by atoms with E-state index >= 15 is 0 Å². The number of allylic oxidation sites excluding steroid dienone is 1. The molecule has 0 atom stereocenters. The first kappa shape index (κ1) is 22.1. The normalized spacial score (nSPS) is 14.3. The van der Waals surface area contributed by atoms with Gasteiger partial charge in [-0.1, -0.05) is 6.07 Å². The molecule has 0 amide bonds. The molecule has 0 radical (unpaired) electrons. The number of nitrogens with one attached hydrogen (secondary N) is 1. The number of hydrogen-bond acceptors (Lipinski definition) is 6. The van der Waals surface area contributed by atoms with Crippen molar-refractivity contribution in [1.82, 2.24) is 9.55 Å². The van der Waals surface area contributed by atoms with Gasteiger partial charge in [-0.2, -0.15) is 13.2 Å². The van der Waals surface area contributed by atoms with Crippen LogP contribution in [0.2, 0.25) is 0 Å². The molecule has 168 valence electrons. The van der Waals surface area contributed by atoms with Crippen LogP contribution in [0.5, 0.6) is 5.88 Å². The predicted molar refractivity (Wildman–Crippen MR) is 118 cm³/mol. The number of nitro groups is 1. The van der Waals surface area contributed by atoms with Crippen molar-refractivity contribution in [3.63, 3.8) is 0 Å². The van der Waals surface area contributed by atoms with Crippen molar-refractivity contribution in [2.75, 3.05) is 0 Å². The predicted octanol–water partition coefficient (Wildman–Crippen LogP) is 5.17. The molecule has 0 bridgehead atoms. The van der Waals surface area contributed by atoms with Gasteiger partial charge in [-0.25, -0.2) is 0 Å². The summed E-state index contributed by atoms with van der Waals surface area (Å²) < 4.78 is 40.0. The van der Waals surface area contributed by atoms with E-state index < -0.39 is 28.1 Å². The second kappa shape index (κ2) is 7.81. The van der Waals surface area contributed by atoms with Crippen molar-refractivity contribution >= 4 is 41.0 Å². The zero-order chi connectivity index (χ0) is 24.1. The Labute approximate surface area is 188 Å². The van der Waals surface area contributed by atoms with E-state index in [4.69, 9.17) is 12.2 Å². The summed E-state index contributed by atoms with van der Waals surface area (Å²) in [7, 11) is 0. The highest BCUT2D eigenvalue weighted by molar-refractivity contribution is 7.71. The number of aromatic hydroxyl groups is 1. The molecular weight excluding hydrogens is 461 g/mol. The summed E-state index contributed by atoms with van der Waals surface area (Å²) in [6.07, 6.45) is -3.36. The number of rotatable bonds is 3. The molecule has 33 heavy (non-hydrogen) atoms. The number of H-pyrrole nitrogens is 1. The average Bonchev–Trinajstić information content (AvgIpc) is 3.04. The van der Waals surface area contributed by atoms with Crippen molar-refractivity contribution in [2.45, 2.75) is 13.1 Å². The molecule has 4 rings (SSSR count). The van der Waals surface area contributed by atoms with E-state index in [0.29, 0.717) is 22.5 Å². The van der Waals surface area contributed by atoms with Crippen LogP contribution in [0.1, 0.15) is 23.6 Å². The first-order valence-electron chi connectivity index (χ1n) is 9.29. The smallest absolute Gasteiger partial charge is 0.416 e. The van der Waals surface area contributed by atoms with Gasteiger partial charge in [0, 0.05) is 29.0 Å². The van der Waals surface area contributed by atoms with Crippen LogP contribution in [-0.2, 0) is 6.18 Å². The van der Waals surface area contributed by atoms with E-state index in [0.717, 1.165) is 22.8 Å². The van der Waals surface area contributed by atoms with E-state index in [9.17, 15) is 33.2 Å². The Morgan fingerprint density at radius 2 is 1.97 bits per heavy atom. The first-order chi connectivity index (χ1) is 15.5. The lowest BCUT2D eigenvalue weighted by Gasteiger charge is -2.14. The van der Waals surface area contributed by atoms with Crippen molar-refractivity contribution < 1.29 is 23.2 Å². The van der Waals surface area contributed by atoms with Crippen molar-refractivity contribution in [3.8, 4) is 11.6 Å². The van der Waals surface area contributed by atoms with Gasteiger partial charge in [0.25, 0.3) is 11.2 Å². The van der Waals surface area contributed by atoms with Crippen LogP contribution in [0.25, 0.3) is 17.3 Å². The summed E-state index contributed by atoms with van der Waals surface area (Å²) in [4.78, 5) is 29.8. The van der Waals surface area contributed by atoms with E-state index in [-0.39, 0.29) is 21.7 Å². The van der Waals surface area contributed by atoms with E-state index in [2.05, 4.69) is 9.98 Å². The summed E-state index contributed by atoms with van der Waals surface area (Å²) in [5.41, 5.74) is -0.796. The molecule has 3 aromatic rings. The third-order valence-corrected chi connectivity index (χ3v) is 5.28. The molecule has 12 heteroatoms. The molecule has 0 fully saturated rings. The SMILES string of the molecule is CC1=Nc2ccc([N+](=O)[O-])cc2/C1=C/c1c(O)n(-c2cccc(C(F)(F)F)c2)c(=S)[nH]c1=O. The zero-order valence-electron chi connectivity index (χ0n) is 16.7. The minimum absolute atomic E-state index is 0.115. The van der Waals surface area contributed by atoms with Crippen LogP contribution >= 0.6 is 12.2 Å². The third-order valence-electron chi connectivity index (χ3n) is 5.00. The summed E-state index contributed by atoms with van der Waals surface area (Å²) in [5, 5.41) is 22.0. The van der Waals surface area contributed by atoms with Crippen LogP contribution < -0.4 is 5.56 Å². The molecule has 0 saturated carbocycles. The summed E-state index contributed by atoms with van der Waals surface area (Å²) in [6, 6.07) is 8.11. The highest BCUT2D eigenvalue weighted by atomic mass is 32.1. The van der Waals surface area contributed by atoms with Gasteiger partial charge in [0.05, 0.1) is 21.9 Å². The maximum atomic E-state index is 13.1. The third kappa shape index (κ3) is 3.96. The van der Waals surface area contributed by atoms with Gasteiger partial charge < -0.3 is 5.11 Å². The molecule has 1 aliphatic heterocycles. The van der Waals surface area contributed by atoms with Gasteiger partial charge in [0.2, 0.25) is 5.88 Å². The Balaban J connectivity index is 1.92. The number of aromatic amines is 1. The van der Waals surface area contributed by atoms with E-state index in [1.54, 1.807) is 6.92 Å². The zero-order valence-corrected chi connectivity index (χ0v) is 17.5. The Bertz CT molecular complexity index is 1500. The highest BCUT2D eigenvalue weighted by Gasteiger charge is 2.31. The maximum absolute atomic E-state index is 13.1. The van der Waals surface area contributed by atoms with Gasteiger partial charge in [-0.3, -0.25) is 29.5 Å². The standard InChI is InChI=1S/C21H13F3N4O4S/c1-10-14(15-8-13(28(31)32)5-6-17(15)25-10)9-16-18(29)26-20(33)27(19(16)30)12-4-2-3-11(7-12)21(22,23)24/h2-9,30H,1H3,(H,26,29,33)/b14-9+. The Morgan fingerprint density at radius 1 is 1.24 bits per heavy atom. The maximum Gasteiger partial charge on any atom is 0.416 e. The Kier molecular flexibility index (Phi) is 5.24. The van der Waals surface area contributed by atoms with Crippen molar-refractivity contribution in [3.05, 3.63) is 84.4 Å². The van der Waals surface area contributed by atoms with Gasteiger partial charge >= 0.3 is 6.18 Å². The fourth-order valence-electron chi connectivity index (χ4n) is 3.44. The summed E-state index contributed by atoms with van der Waals surface area (Å²) in [6.45, 7) is 1.62. The number of aliphatic imine (C=N–C) groups is 1.